The lowest BCUT2D eigenvalue weighted by molar-refractivity contribution is 0.0447. The molecule has 0 bridgehead atoms. The monoisotopic (exact) mass is 158 g/mol. The number of nitrogens with two attached hydrogens (primary N) is 1. The molecule has 0 rings (SSSR count). The molecule has 66 valence electrons. The maximum atomic E-state index is 5.21. The summed E-state index contributed by atoms with van der Waals surface area (Å²) in [6.45, 7) is 10.6. The molecule has 0 fully saturated rings. The predicted molar refractivity (Wildman–Crippen MR) is 46.5 cm³/mol. The van der Waals surface area contributed by atoms with Gasteiger partial charge in [-0.2, -0.15) is 0 Å². The maximum Gasteiger partial charge on any atom is 0.113 e. The lowest BCUT2D eigenvalue weighted by Gasteiger charge is -2.17. The van der Waals surface area contributed by atoms with Crippen molar-refractivity contribution in [1.29, 1.82) is 0 Å². The zero-order valence-electron chi connectivity index (χ0n) is 7.61. The Bertz CT molecular complexity index is 127. The summed E-state index contributed by atoms with van der Waals surface area (Å²) in [4.78, 5) is 5.00. The fourth-order valence-electron chi connectivity index (χ4n) is 0.501. The van der Waals surface area contributed by atoms with Crippen LogP contribution < -0.4 is 11.2 Å². The molecule has 0 aromatic rings. The second-order valence-electron chi connectivity index (χ2n) is 3.79. The molecule has 0 aliphatic carbocycles. The first kappa shape index (κ1) is 10.3. The molecule has 0 radical (unpaired) electrons. The molecular weight excluding hydrogens is 140 g/mol. The summed E-state index contributed by atoms with van der Waals surface area (Å²) in [5.74, 6) is 0.346. The van der Waals surface area contributed by atoms with E-state index < -0.39 is 0 Å². The average molecular weight is 158 g/mol. The summed E-state index contributed by atoms with van der Waals surface area (Å²) >= 11 is 0. The van der Waals surface area contributed by atoms with Crippen LogP contribution in [-0.2, 0) is 4.84 Å². The smallest absolute Gasteiger partial charge is 0.113 e. The molecule has 0 aromatic heterocycles. The van der Waals surface area contributed by atoms with Gasteiger partial charge < -0.3 is 5.73 Å². The number of rotatable bonds is 4. The number of hydrogen-bond donors (Lipinski definition) is 2. The Morgan fingerprint density at radius 2 is 2.09 bits per heavy atom. The van der Waals surface area contributed by atoms with E-state index in [1.165, 1.54) is 0 Å². The zero-order chi connectivity index (χ0) is 8.91. The highest BCUT2D eigenvalue weighted by Crippen LogP contribution is 2.17. The Hall–Kier alpha value is -0.700. The van der Waals surface area contributed by atoms with Crippen LogP contribution in [0.1, 0.15) is 27.2 Å². The standard InChI is InChI=1S/C8H18N2O/c1-7(9)10-11-6-5-8(2,3)4/h10H,1,5-6,9H2,2-4H3. The van der Waals surface area contributed by atoms with Gasteiger partial charge in [0.15, 0.2) is 0 Å². The van der Waals surface area contributed by atoms with Crippen molar-refractivity contribution in [2.24, 2.45) is 11.1 Å². The van der Waals surface area contributed by atoms with Gasteiger partial charge in [0.05, 0.1) is 6.61 Å². The first-order valence-corrected chi connectivity index (χ1v) is 3.74. The third-order valence-electron chi connectivity index (χ3n) is 1.16. The molecular formula is C8H18N2O. The summed E-state index contributed by atoms with van der Waals surface area (Å²) in [5.41, 5.74) is 8.02. The van der Waals surface area contributed by atoms with Gasteiger partial charge >= 0.3 is 0 Å². The van der Waals surface area contributed by atoms with E-state index in [-0.39, 0.29) is 0 Å². The van der Waals surface area contributed by atoms with Gasteiger partial charge in [-0.1, -0.05) is 27.4 Å². The van der Waals surface area contributed by atoms with Gasteiger partial charge in [0.1, 0.15) is 5.82 Å². The summed E-state index contributed by atoms with van der Waals surface area (Å²) in [7, 11) is 0. The molecule has 11 heavy (non-hydrogen) atoms. The minimum Gasteiger partial charge on any atom is -0.384 e. The highest BCUT2D eigenvalue weighted by atomic mass is 16.6. The van der Waals surface area contributed by atoms with Crippen molar-refractivity contribution in [3.05, 3.63) is 12.4 Å². The zero-order valence-corrected chi connectivity index (χ0v) is 7.61. The van der Waals surface area contributed by atoms with Crippen LogP contribution in [0.5, 0.6) is 0 Å². The van der Waals surface area contributed by atoms with Crippen LogP contribution in [0.15, 0.2) is 12.4 Å². The van der Waals surface area contributed by atoms with Gasteiger partial charge in [0.25, 0.3) is 0 Å². The van der Waals surface area contributed by atoms with E-state index >= 15 is 0 Å². The van der Waals surface area contributed by atoms with E-state index in [1.54, 1.807) is 0 Å². The summed E-state index contributed by atoms with van der Waals surface area (Å²) in [6.07, 6.45) is 0.993. The Kier molecular flexibility index (Phi) is 3.97. The third kappa shape index (κ3) is 9.30. The first-order chi connectivity index (χ1) is 4.92. The second kappa shape index (κ2) is 4.23. The minimum atomic E-state index is 0.303. The predicted octanol–water partition coefficient (Wildman–Crippen LogP) is 1.37. The highest BCUT2D eigenvalue weighted by molar-refractivity contribution is 4.76. The Balaban J connectivity index is 3.22. The molecule has 0 aliphatic heterocycles. The lowest BCUT2D eigenvalue weighted by atomic mass is 9.93. The van der Waals surface area contributed by atoms with Crippen molar-refractivity contribution in [3.8, 4) is 0 Å². The fourth-order valence-corrected chi connectivity index (χ4v) is 0.501. The normalized spacial score (nSPS) is 11.2. The van der Waals surface area contributed by atoms with E-state index in [4.69, 9.17) is 10.6 Å². The maximum absolute atomic E-state index is 5.21. The average Bonchev–Trinajstić information content (AvgIpc) is 1.78. The van der Waals surface area contributed by atoms with Gasteiger partial charge in [0, 0.05) is 0 Å². The Morgan fingerprint density at radius 1 is 1.55 bits per heavy atom. The molecule has 0 aromatic carbocycles. The largest absolute Gasteiger partial charge is 0.384 e. The van der Waals surface area contributed by atoms with Crippen LogP contribution in [0.2, 0.25) is 0 Å². The molecule has 0 aliphatic rings. The molecule has 0 atom stereocenters. The molecule has 3 heteroatoms. The molecule has 0 heterocycles. The topological polar surface area (TPSA) is 47.3 Å². The van der Waals surface area contributed by atoms with Crippen LogP contribution in [0.25, 0.3) is 0 Å². The van der Waals surface area contributed by atoms with Crippen molar-refractivity contribution < 1.29 is 4.84 Å². The molecule has 0 saturated carbocycles. The molecule has 3 nitrogen and oxygen atoms in total. The summed E-state index contributed by atoms with van der Waals surface area (Å²) < 4.78 is 0. The first-order valence-electron chi connectivity index (χ1n) is 3.74. The SMILES string of the molecule is C=C(N)NOCCC(C)(C)C. The Morgan fingerprint density at radius 3 is 2.45 bits per heavy atom. The summed E-state index contributed by atoms with van der Waals surface area (Å²) in [5, 5.41) is 0. The van der Waals surface area contributed by atoms with Crippen molar-refractivity contribution in [2.75, 3.05) is 6.61 Å². The van der Waals surface area contributed by atoms with E-state index in [2.05, 4.69) is 32.8 Å². The second-order valence-corrected chi connectivity index (χ2v) is 3.79. The minimum absolute atomic E-state index is 0.303. The van der Waals surface area contributed by atoms with Gasteiger partial charge in [-0.15, -0.1) is 0 Å². The van der Waals surface area contributed by atoms with Crippen LogP contribution in [0, 0.1) is 5.41 Å². The fraction of sp³-hybridized carbons (Fsp3) is 0.750. The van der Waals surface area contributed by atoms with Crippen LogP contribution in [-0.4, -0.2) is 6.61 Å². The number of hydroxylamine groups is 1. The molecule has 0 spiro atoms. The van der Waals surface area contributed by atoms with E-state index in [9.17, 15) is 0 Å². The van der Waals surface area contributed by atoms with E-state index in [1.807, 2.05) is 0 Å². The van der Waals surface area contributed by atoms with Gasteiger partial charge in [-0.3, -0.25) is 10.3 Å². The summed E-state index contributed by atoms with van der Waals surface area (Å²) in [6, 6.07) is 0. The highest BCUT2D eigenvalue weighted by Gasteiger charge is 2.08. The van der Waals surface area contributed by atoms with E-state index in [0.717, 1.165) is 6.42 Å². The molecule has 0 saturated heterocycles. The van der Waals surface area contributed by atoms with Crippen molar-refractivity contribution in [3.63, 3.8) is 0 Å². The van der Waals surface area contributed by atoms with Crippen LogP contribution >= 0.6 is 0 Å². The van der Waals surface area contributed by atoms with Crippen molar-refractivity contribution in [1.82, 2.24) is 5.48 Å². The molecule has 0 unspecified atom stereocenters. The number of nitrogens with one attached hydrogen (secondary N) is 1. The van der Waals surface area contributed by atoms with E-state index in [0.29, 0.717) is 17.8 Å². The van der Waals surface area contributed by atoms with Gasteiger partial charge in [-0.05, 0) is 11.8 Å². The van der Waals surface area contributed by atoms with Gasteiger partial charge in [-0.25, -0.2) is 0 Å². The number of hydrogen-bond acceptors (Lipinski definition) is 3. The van der Waals surface area contributed by atoms with Crippen molar-refractivity contribution in [2.45, 2.75) is 27.2 Å². The Labute approximate surface area is 68.6 Å². The third-order valence-corrected chi connectivity index (χ3v) is 1.16. The molecule has 0 amide bonds. The van der Waals surface area contributed by atoms with Gasteiger partial charge in [0.2, 0.25) is 0 Å². The van der Waals surface area contributed by atoms with Crippen LogP contribution in [0.3, 0.4) is 0 Å². The lowest BCUT2D eigenvalue weighted by Crippen LogP contribution is -2.21. The molecule has 3 N–H and O–H groups in total. The quantitative estimate of drug-likeness (QED) is 0.480. The van der Waals surface area contributed by atoms with Crippen LogP contribution in [0.4, 0.5) is 0 Å². The van der Waals surface area contributed by atoms with Crippen molar-refractivity contribution >= 4 is 0 Å².